The molecular formula is C11H13FN4. The lowest BCUT2D eigenvalue weighted by Gasteiger charge is -2.02. The maximum atomic E-state index is 12.9. The molecule has 1 saturated carbocycles. The van der Waals surface area contributed by atoms with Gasteiger partial charge in [0.2, 0.25) is 5.95 Å². The first-order valence-electron chi connectivity index (χ1n) is 5.33. The van der Waals surface area contributed by atoms with Gasteiger partial charge in [-0.1, -0.05) is 13.8 Å². The quantitative estimate of drug-likeness (QED) is 0.842. The topological polar surface area (TPSA) is 42.2 Å². The van der Waals surface area contributed by atoms with Gasteiger partial charge in [0.1, 0.15) is 5.82 Å². The number of hydrogen-bond donors (Lipinski definition) is 1. The summed E-state index contributed by atoms with van der Waals surface area (Å²) in [6.07, 6.45) is 2.45. The lowest BCUT2D eigenvalue weighted by atomic mass is 10.2. The molecule has 0 aliphatic heterocycles. The van der Waals surface area contributed by atoms with Crippen molar-refractivity contribution in [3.63, 3.8) is 0 Å². The van der Waals surface area contributed by atoms with Crippen LogP contribution in [0.1, 0.15) is 20.3 Å². The molecule has 1 unspecified atom stereocenters. The molecule has 0 radical (unpaired) electrons. The van der Waals surface area contributed by atoms with Crippen molar-refractivity contribution in [2.75, 3.05) is 5.32 Å². The van der Waals surface area contributed by atoms with Crippen LogP contribution in [0.3, 0.4) is 0 Å². The molecule has 1 N–H and O–H groups in total. The molecule has 3 rings (SSSR count). The van der Waals surface area contributed by atoms with Crippen LogP contribution in [0, 0.1) is 11.2 Å². The predicted octanol–water partition coefficient (Wildman–Crippen LogP) is 2.08. The highest BCUT2D eigenvalue weighted by atomic mass is 19.1. The number of halogens is 1. The van der Waals surface area contributed by atoms with E-state index in [0.29, 0.717) is 23.1 Å². The SMILES string of the molecule is CC1(C)CC1Nc1nc2ccc(F)cn2n1. The molecule has 0 spiro atoms. The van der Waals surface area contributed by atoms with Crippen LogP contribution in [0.4, 0.5) is 10.3 Å². The van der Waals surface area contributed by atoms with Crippen LogP contribution in [0.15, 0.2) is 18.3 Å². The second-order valence-electron chi connectivity index (χ2n) is 4.98. The first kappa shape index (κ1) is 9.57. The largest absolute Gasteiger partial charge is 0.350 e. The Bertz CT molecular complexity index is 546. The average Bonchev–Trinajstić information content (AvgIpc) is 2.64. The maximum Gasteiger partial charge on any atom is 0.243 e. The molecule has 4 nitrogen and oxygen atoms in total. The van der Waals surface area contributed by atoms with Gasteiger partial charge in [0, 0.05) is 6.04 Å². The van der Waals surface area contributed by atoms with Crippen molar-refractivity contribution in [3.05, 3.63) is 24.1 Å². The minimum Gasteiger partial charge on any atom is -0.350 e. The Hall–Kier alpha value is -1.65. The van der Waals surface area contributed by atoms with Crippen molar-refractivity contribution >= 4 is 11.6 Å². The van der Waals surface area contributed by atoms with E-state index in [-0.39, 0.29) is 5.82 Å². The first-order valence-corrected chi connectivity index (χ1v) is 5.33. The Morgan fingerprint density at radius 1 is 1.50 bits per heavy atom. The Morgan fingerprint density at radius 3 is 2.94 bits per heavy atom. The summed E-state index contributed by atoms with van der Waals surface area (Å²) in [6.45, 7) is 4.39. The fourth-order valence-electron chi connectivity index (χ4n) is 1.79. The third kappa shape index (κ3) is 1.52. The van der Waals surface area contributed by atoms with Gasteiger partial charge in [-0.25, -0.2) is 8.91 Å². The summed E-state index contributed by atoms with van der Waals surface area (Å²) in [5.41, 5.74) is 0.977. The van der Waals surface area contributed by atoms with Crippen molar-refractivity contribution in [2.24, 2.45) is 5.41 Å². The van der Waals surface area contributed by atoms with E-state index in [1.54, 1.807) is 6.07 Å². The summed E-state index contributed by atoms with van der Waals surface area (Å²) in [6, 6.07) is 3.43. The minimum atomic E-state index is -0.310. The summed E-state index contributed by atoms with van der Waals surface area (Å²) >= 11 is 0. The van der Waals surface area contributed by atoms with Crippen LogP contribution < -0.4 is 5.32 Å². The zero-order valence-corrected chi connectivity index (χ0v) is 9.24. The third-order valence-corrected chi connectivity index (χ3v) is 3.11. The van der Waals surface area contributed by atoms with Gasteiger partial charge in [-0.15, -0.1) is 5.10 Å². The number of nitrogens with one attached hydrogen (secondary N) is 1. The molecule has 5 heteroatoms. The van der Waals surface area contributed by atoms with Crippen LogP contribution in [0.5, 0.6) is 0 Å². The Balaban J connectivity index is 1.88. The van der Waals surface area contributed by atoms with E-state index in [2.05, 4.69) is 29.2 Å². The molecule has 16 heavy (non-hydrogen) atoms. The fraction of sp³-hybridized carbons (Fsp3) is 0.455. The number of pyridine rings is 1. The van der Waals surface area contributed by atoms with Crippen molar-refractivity contribution in [3.8, 4) is 0 Å². The number of nitrogens with zero attached hydrogens (tertiary/aromatic N) is 3. The molecule has 2 aromatic heterocycles. The van der Waals surface area contributed by atoms with Gasteiger partial charge < -0.3 is 5.32 Å². The molecule has 1 atom stereocenters. The Labute approximate surface area is 92.5 Å². The van der Waals surface area contributed by atoms with E-state index in [1.165, 1.54) is 16.8 Å². The minimum absolute atomic E-state index is 0.310. The summed E-state index contributed by atoms with van der Waals surface area (Å²) in [5.74, 6) is 0.261. The lowest BCUT2D eigenvalue weighted by Crippen LogP contribution is -2.09. The zero-order chi connectivity index (χ0) is 11.3. The lowest BCUT2D eigenvalue weighted by molar-refractivity contribution is 0.614. The smallest absolute Gasteiger partial charge is 0.243 e. The van der Waals surface area contributed by atoms with E-state index in [9.17, 15) is 4.39 Å². The highest BCUT2D eigenvalue weighted by molar-refractivity contribution is 5.44. The van der Waals surface area contributed by atoms with Gasteiger partial charge in [0.15, 0.2) is 5.65 Å². The molecule has 84 valence electrons. The summed E-state index contributed by atoms with van der Waals surface area (Å²) in [5, 5.41) is 7.42. The highest BCUT2D eigenvalue weighted by Gasteiger charge is 2.46. The maximum absolute atomic E-state index is 12.9. The Kier molecular flexibility index (Phi) is 1.75. The van der Waals surface area contributed by atoms with Gasteiger partial charge in [0.05, 0.1) is 6.20 Å². The normalized spacial score (nSPS) is 22.3. The monoisotopic (exact) mass is 220 g/mol. The van der Waals surface area contributed by atoms with E-state index in [0.717, 1.165) is 6.42 Å². The van der Waals surface area contributed by atoms with E-state index >= 15 is 0 Å². The van der Waals surface area contributed by atoms with Crippen LogP contribution in [-0.2, 0) is 0 Å². The zero-order valence-electron chi connectivity index (χ0n) is 9.24. The molecule has 0 amide bonds. The van der Waals surface area contributed by atoms with Gasteiger partial charge >= 0.3 is 0 Å². The average molecular weight is 220 g/mol. The van der Waals surface area contributed by atoms with Crippen LogP contribution in [-0.4, -0.2) is 20.6 Å². The third-order valence-electron chi connectivity index (χ3n) is 3.11. The Morgan fingerprint density at radius 2 is 2.25 bits per heavy atom. The molecule has 1 fully saturated rings. The summed E-state index contributed by atoms with van der Waals surface area (Å²) in [7, 11) is 0. The molecule has 0 saturated heterocycles. The van der Waals surface area contributed by atoms with Gasteiger partial charge in [-0.05, 0) is 24.0 Å². The van der Waals surface area contributed by atoms with Crippen molar-refractivity contribution in [2.45, 2.75) is 26.3 Å². The second kappa shape index (κ2) is 2.93. The van der Waals surface area contributed by atoms with E-state index < -0.39 is 0 Å². The molecular weight excluding hydrogens is 207 g/mol. The molecule has 0 aromatic carbocycles. The standard InChI is InChI=1S/C11H13FN4/c1-11(2)5-8(11)13-10-14-9-4-3-7(12)6-16(9)15-10/h3-4,6,8H,5H2,1-2H3,(H,13,15). The number of hydrogen-bond acceptors (Lipinski definition) is 3. The first-order chi connectivity index (χ1) is 7.54. The summed E-state index contributed by atoms with van der Waals surface area (Å²) in [4.78, 5) is 4.27. The number of rotatable bonds is 2. The van der Waals surface area contributed by atoms with Crippen LogP contribution >= 0.6 is 0 Å². The molecule has 2 aromatic rings. The number of anilines is 1. The van der Waals surface area contributed by atoms with E-state index in [4.69, 9.17) is 0 Å². The summed E-state index contributed by atoms with van der Waals surface area (Å²) < 4.78 is 14.4. The molecule has 1 aliphatic rings. The van der Waals surface area contributed by atoms with Gasteiger partial charge in [-0.3, -0.25) is 0 Å². The van der Waals surface area contributed by atoms with Gasteiger partial charge in [-0.2, -0.15) is 4.98 Å². The predicted molar refractivity (Wildman–Crippen MR) is 58.8 cm³/mol. The molecule has 0 bridgehead atoms. The van der Waals surface area contributed by atoms with Crippen molar-refractivity contribution in [1.82, 2.24) is 14.6 Å². The van der Waals surface area contributed by atoms with Gasteiger partial charge in [0.25, 0.3) is 0 Å². The fourth-order valence-corrected chi connectivity index (χ4v) is 1.79. The van der Waals surface area contributed by atoms with Crippen LogP contribution in [0.25, 0.3) is 5.65 Å². The van der Waals surface area contributed by atoms with E-state index in [1.807, 2.05) is 0 Å². The van der Waals surface area contributed by atoms with Crippen molar-refractivity contribution in [1.29, 1.82) is 0 Å². The molecule has 1 aliphatic carbocycles. The highest BCUT2D eigenvalue weighted by Crippen LogP contribution is 2.46. The second-order valence-corrected chi connectivity index (χ2v) is 4.98. The van der Waals surface area contributed by atoms with Crippen LogP contribution in [0.2, 0.25) is 0 Å². The number of fused-ring (bicyclic) bond motifs is 1. The molecule has 2 heterocycles. The van der Waals surface area contributed by atoms with Crippen molar-refractivity contribution < 1.29 is 4.39 Å². The number of aromatic nitrogens is 3.